The summed E-state index contributed by atoms with van der Waals surface area (Å²) in [4.78, 5) is 0. The molecule has 0 bridgehead atoms. The molecule has 0 unspecified atom stereocenters. The van der Waals surface area contributed by atoms with E-state index in [1.807, 2.05) is 0 Å². The first kappa shape index (κ1) is 8.14. The van der Waals surface area contributed by atoms with Gasteiger partial charge < -0.3 is 11.1 Å². The van der Waals surface area contributed by atoms with Gasteiger partial charge in [0.25, 0.3) is 0 Å². The highest BCUT2D eigenvalue weighted by atomic mass is 35.5. The van der Waals surface area contributed by atoms with Gasteiger partial charge in [-0.1, -0.05) is 11.6 Å². The molecule has 2 nitrogen and oxygen atoms in total. The summed E-state index contributed by atoms with van der Waals surface area (Å²) in [5, 5.41) is 2.92. The molecule has 0 heterocycles. The van der Waals surface area contributed by atoms with Crippen LogP contribution < -0.4 is 11.1 Å². The summed E-state index contributed by atoms with van der Waals surface area (Å²) >= 11 is 5.65. The highest BCUT2D eigenvalue weighted by Crippen LogP contribution is 2.26. The normalized spacial score (nSPS) is 9.73. The lowest BCUT2D eigenvalue weighted by atomic mass is 10.2. The van der Waals surface area contributed by atoms with Gasteiger partial charge in [0, 0.05) is 12.7 Å². The topological polar surface area (TPSA) is 38.0 Å². The molecule has 0 amide bonds. The molecule has 0 aliphatic rings. The highest BCUT2D eigenvalue weighted by Gasteiger charge is 2.05. The molecule has 1 rings (SSSR count). The standard InChI is InChI=1S/C7H8ClFN2/c1-11-7-5(8)2-4(10)3-6(7)9/h2-3,11H,10H2,1H3. The number of benzene rings is 1. The van der Waals surface area contributed by atoms with Crippen molar-refractivity contribution in [3.05, 3.63) is 23.0 Å². The zero-order chi connectivity index (χ0) is 8.43. The van der Waals surface area contributed by atoms with Crippen molar-refractivity contribution in [2.75, 3.05) is 18.1 Å². The minimum Gasteiger partial charge on any atom is -0.399 e. The molecular weight excluding hydrogens is 167 g/mol. The summed E-state index contributed by atoms with van der Waals surface area (Å²) in [6.07, 6.45) is 0. The Bertz CT molecular complexity index is 252. The molecule has 0 aliphatic carbocycles. The molecule has 4 heteroatoms. The van der Waals surface area contributed by atoms with Crippen molar-refractivity contribution < 1.29 is 4.39 Å². The molecular formula is C7H8ClFN2. The fourth-order valence-corrected chi connectivity index (χ4v) is 1.14. The van der Waals surface area contributed by atoms with E-state index < -0.39 is 5.82 Å². The Morgan fingerprint density at radius 1 is 1.55 bits per heavy atom. The third-order valence-corrected chi connectivity index (χ3v) is 1.61. The maximum atomic E-state index is 12.9. The van der Waals surface area contributed by atoms with E-state index in [0.29, 0.717) is 10.7 Å². The minimum atomic E-state index is -0.433. The van der Waals surface area contributed by atoms with Gasteiger partial charge in [-0.2, -0.15) is 0 Å². The molecule has 0 aromatic heterocycles. The van der Waals surface area contributed by atoms with E-state index in [-0.39, 0.29) is 5.69 Å². The second-order valence-electron chi connectivity index (χ2n) is 2.11. The van der Waals surface area contributed by atoms with Gasteiger partial charge in [0.1, 0.15) is 5.82 Å². The maximum absolute atomic E-state index is 12.9. The molecule has 1 aromatic carbocycles. The summed E-state index contributed by atoms with van der Waals surface area (Å²) in [6, 6.07) is 2.72. The second kappa shape index (κ2) is 2.96. The number of hydrogen-bond acceptors (Lipinski definition) is 2. The van der Waals surface area contributed by atoms with Crippen LogP contribution >= 0.6 is 11.6 Å². The lowest BCUT2D eigenvalue weighted by Crippen LogP contribution is -1.95. The number of anilines is 2. The molecule has 11 heavy (non-hydrogen) atoms. The van der Waals surface area contributed by atoms with E-state index >= 15 is 0 Å². The highest BCUT2D eigenvalue weighted by molar-refractivity contribution is 6.33. The van der Waals surface area contributed by atoms with Gasteiger partial charge in [-0.25, -0.2) is 4.39 Å². The summed E-state index contributed by atoms with van der Waals surface area (Å²) < 4.78 is 12.9. The van der Waals surface area contributed by atoms with Crippen molar-refractivity contribution in [1.82, 2.24) is 0 Å². The second-order valence-corrected chi connectivity index (χ2v) is 2.52. The molecule has 0 atom stereocenters. The van der Waals surface area contributed by atoms with Crippen LogP contribution in [0.4, 0.5) is 15.8 Å². The molecule has 0 spiro atoms. The first-order chi connectivity index (χ1) is 5.15. The van der Waals surface area contributed by atoms with Crippen molar-refractivity contribution >= 4 is 23.0 Å². The third kappa shape index (κ3) is 1.54. The van der Waals surface area contributed by atoms with E-state index in [0.717, 1.165) is 0 Å². The Kier molecular flexibility index (Phi) is 2.19. The van der Waals surface area contributed by atoms with Gasteiger partial charge >= 0.3 is 0 Å². The Morgan fingerprint density at radius 3 is 2.64 bits per heavy atom. The van der Waals surface area contributed by atoms with Crippen LogP contribution in [0, 0.1) is 5.82 Å². The number of nitrogens with two attached hydrogens (primary N) is 1. The van der Waals surface area contributed by atoms with Gasteiger partial charge in [-0.15, -0.1) is 0 Å². The van der Waals surface area contributed by atoms with Crippen molar-refractivity contribution in [2.24, 2.45) is 0 Å². The molecule has 0 fully saturated rings. The van der Waals surface area contributed by atoms with Crippen LogP contribution in [-0.4, -0.2) is 7.05 Å². The monoisotopic (exact) mass is 174 g/mol. The molecule has 60 valence electrons. The SMILES string of the molecule is CNc1c(F)cc(N)cc1Cl. The van der Waals surface area contributed by atoms with Crippen LogP contribution in [0.15, 0.2) is 12.1 Å². The molecule has 3 N–H and O–H groups in total. The van der Waals surface area contributed by atoms with Crippen LogP contribution in [0.3, 0.4) is 0 Å². The average Bonchev–Trinajstić information content (AvgIpc) is 1.85. The van der Waals surface area contributed by atoms with Crippen molar-refractivity contribution in [3.63, 3.8) is 0 Å². The van der Waals surface area contributed by atoms with Gasteiger partial charge in [0.05, 0.1) is 10.7 Å². The van der Waals surface area contributed by atoms with Crippen molar-refractivity contribution in [2.45, 2.75) is 0 Å². The Labute approximate surface area is 69.2 Å². The summed E-state index contributed by atoms with van der Waals surface area (Å²) in [5.74, 6) is -0.433. The predicted molar refractivity (Wildman–Crippen MR) is 45.4 cm³/mol. The lowest BCUT2D eigenvalue weighted by molar-refractivity contribution is 0.632. The van der Waals surface area contributed by atoms with Gasteiger partial charge in [-0.3, -0.25) is 0 Å². The van der Waals surface area contributed by atoms with E-state index in [1.54, 1.807) is 7.05 Å². The third-order valence-electron chi connectivity index (χ3n) is 1.31. The lowest BCUT2D eigenvalue weighted by Gasteiger charge is -2.04. The number of halogens is 2. The first-order valence-electron chi connectivity index (χ1n) is 3.07. The average molecular weight is 175 g/mol. The Morgan fingerprint density at radius 2 is 2.18 bits per heavy atom. The molecule has 0 radical (unpaired) electrons. The smallest absolute Gasteiger partial charge is 0.149 e. The first-order valence-corrected chi connectivity index (χ1v) is 3.45. The van der Waals surface area contributed by atoms with E-state index in [4.69, 9.17) is 17.3 Å². The number of nitrogen functional groups attached to an aromatic ring is 1. The summed E-state index contributed by atoms with van der Waals surface area (Å²) in [5.41, 5.74) is 5.93. The van der Waals surface area contributed by atoms with Gasteiger partial charge in [0.2, 0.25) is 0 Å². The zero-order valence-corrected chi connectivity index (χ0v) is 6.74. The Hall–Kier alpha value is -0.960. The molecule has 0 aliphatic heterocycles. The Balaban J connectivity index is 3.25. The van der Waals surface area contributed by atoms with Crippen LogP contribution in [0.5, 0.6) is 0 Å². The van der Waals surface area contributed by atoms with Crippen molar-refractivity contribution in [1.29, 1.82) is 0 Å². The number of hydrogen-bond donors (Lipinski definition) is 2. The largest absolute Gasteiger partial charge is 0.399 e. The fourth-order valence-electron chi connectivity index (χ4n) is 0.832. The number of nitrogens with one attached hydrogen (secondary N) is 1. The zero-order valence-electron chi connectivity index (χ0n) is 5.99. The van der Waals surface area contributed by atoms with Gasteiger partial charge in [0.15, 0.2) is 0 Å². The van der Waals surface area contributed by atoms with Crippen molar-refractivity contribution in [3.8, 4) is 0 Å². The maximum Gasteiger partial charge on any atom is 0.149 e. The summed E-state index contributed by atoms with van der Waals surface area (Å²) in [6.45, 7) is 0. The van der Waals surface area contributed by atoms with Crippen LogP contribution in [-0.2, 0) is 0 Å². The fraction of sp³-hybridized carbons (Fsp3) is 0.143. The van der Waals surface area contributed by atoms with Crippen LogP contribution in [0.1, 0.15) is 0 Å². The van der Waals surface area contributed by atoms with E-state index in [1.165, 1.54) is 12.1 Å². The van der Waals surface area contributed by atoms with Crippen LogP contribution in [0.2, 0.25) is 5.02 Å². The molecule has 0 saturated heterocycles. The molecule has 1 aromatic rings. The predicted octanol–water partition coefficient (Wildman–Crippen LogP) is 2.10. The minimum absolute atomic E-state index is 0.279. The quantitative estimate of drug-likeness (QED) is 0.640. The van der Waals surface area contributed by atoms with E-state index in [2.05, 4.69) is 5.32 Å². The molecule has 0 saturated carbocycles. The van der Waals surface area contributed by atoms with E-state index in [9.17, 15) is 4.39 Å². The van der Waals surface area contributed by atoms with Gasteiger partial charge in [-0.05, 0) is 12.1 Å². The van der Waals surface area contributed by atoms with Crippen LogP contribution in [0.25, 0.3) is 0 Å². The number of rotatable bonds is 1. The summed E-state index contributed by atoms with van der Waals surface area (Å²) in [7, 11) is 1.60.